The molecule has 2 aliphatic rings. The topological polar surface area (TPSA) is 40.6 Å². The number of benzene rings is 2. The number of thiophene rings is 2. The summed E-state index contributed by atoms with van der Waals surface area (Å²) in [5, 5.41) is 4.73. The molecular weight excluding hydrogens is 989 g/mol. The summed E-state index contributed by atoms with van der Waals surface area (Å²) >= 11 is 3.69. The molecule has 0 saturated heterocycles. The predicted octanol–water partition coefficient (Wildman–Crippen LogP) is 23.2. The Morgan fingerprint density at radius 3 is 0.987 bits per heavy atom. The number of anilines is 2. The summed E-state index contributed by atoms with van der Waals surface area (Å²) in [5.74, 6) is 0.891. The van der Waals surface area contributed by atoms with Crippen molar-refractivity contribution < 1.29 is 9.59 Å². The van der Waals surface area contributed by atoms with Crippen LogP contribution in [-0.4, -0.2) is 24.9 Å². The van der Waals surface area contributed by atoms with Crippen LogP contribution in [0.25, 0.3) is 32.0 Å². The summed E-state index contributed by atoms with van der Waals surface area (Å²) in [6, 6.07) is 18.4. The molecular formula is C72H110N2O2S2. The van der Waals surface area contributed by atoms with Crippen LogP contribution in [0.2, 0.25) is 0 Å². The van der Waals surface area contributed by atoms with Crippen molar-refractivity contribution in [3.8, 4) is 20.9 Å². The fourth-order valence-corrected chi connectivity index (χ4v) is 14.5. The van der Waals surface area contributed by atoms with E-state index in [0.717, 1.165) is 61.0 Å². The molecule has 4 aromatic rings. The minimum atomic E-state index is 0.0274. The zero-order chi connectivity index (χ0) is 55.2. The summed E-state index contributed by atoms with van der Waals surface area (Å²) in [5.41, 5.74) is 10.4. The summed E-state index contributed by atoms with van der Waals surface area (Å²) in [4.78, 5) is 38.6. The Bertz CT molecular complexity index is 2190. The molecule has 2 aliphatic heterocycles. The molecule has 2 atom stereocenters. The van der Waals surface area contributed by atoms with Crippen LogP contribution in [0.1, 0.15) is 295 Å². The zero-order valence-electron chi connectivity index (χ0n) is 50.7. The van der Waals surface area contributed by atoms with Gasteiger partial charge in [0.2, 0.25) is 0 Å². The second-order valence-electron chi connectivity index (χ2n) is 24.3. The minimum absolute atomic E-state index is 0.0274. The average Bonchev–Trinajstić information content (AvgIpc) is 4.31. The van der Waals surface area contributed by atoms with Gasteiger partial charge in [0.1, 0.15) is 0 Å². The number of fused-ring (bicyclic) bond motifs is 2. The maximum absolute atomic E-state index is 15.9. The second kappa shape index (κ2) is 36.8. The maximum atomic E-state index is 15.9. The van der Waals surface area contributed by atoms with Gasteiger partial charge in [-0.15, -0.1) is 22.7 Å². The highest BCUT2D eigenvalue weighted by Crippen LogP contribution is 2.50. The molecule has 432 valence electrons. The minimum Gasteiger partial charge on any atom is -0.307 e. The van der Waals surface area contributed by atoms with Gasteiger partial charge in [-0.1, -0.05) is 258 Å². The van der Waals surface area contributed by atoms with E-state index >= 15 is 9.59 Å². The molecule has 2 aromatic carbocycles. The quantitative estimate of drug-likeness (QED) is 0.0327. The third-order valence-corrected chi connectivity index (χ3v) is 19.6. The third kappa shape index (κ3) is 19.9. The summed E-state index contributed by atoms with van der Waals surface area (Å²) in [6.07, 6.45) is 47.8. The van der Waals surface area contributed by atoms with Crippen LogP contribution >= 0.6 is 22.7 Å². The Morgan fingerprint density at radius 1 is 0.359 bits per heavy atom. The lowest BCUT2D eigenvalue weighted by molar-refractivity contribution is -0.114. The number of carbonyl (C=O) groups is 2. The van der Waals surface area contributed by atoms with E-state index in [1.54, 1.807) is 0 Å². The number of amides is 2. The predicted molar refractivity (Wildman–Crippen MR) is 346 cm³/mol. The van der Waals surface area contributed by atoms with Crippen molar-refractivity contribution in [3.05, 3.63) is 81.5 Å². The first kappa shape index (κ1) is 63.7. The summed E-state index contributed by atoms with van der Waals surface area (Å²) < 4.78 is 0. The number of carbonyl (C=O) groups excluding carboxylic acids is 2. The third-order valence-electron chi connectivity index (χ3n) is 17.5. The van der Waals surface area contributed by atoms with Gasteiger partial charge >= 0.3 is 0 Å². The molecule has 6 rings (SSSR count). The number of nitrogens with zero attached hydrogens (tertiary/aromatic N) is 2. The van der Waals surface area contributed by atoms with Crippen LogP contribution in [0.4, 0.5) is 11.4 Å². The van der Waals surface area contributed by atoms with E-state index in [-0.39, 0.29) is 11.8 Å². The van der Waals surface area contributed by atoms with Crippen molar-refractivity contribution in [1.29, 1.82) is 0 Å². The molecule has 4 nitrogen and oxygen atoms in total. The zero-order valence-corrected chi connectivity index (χ0v) is 52.4. The first-order valence-corrected chi connectivity index (χ1v) is 34.9. The highest BCUT2D eigenvalue weighted by Gasteiger charge is 2.43. The van der Waals surface area contributed by atoms with Gasteiger partial charge in [0, 0.05) is 34.0 Å². The van der Waals surface area contributed by atoms with Gasteiger partial charge < -0.3 is 9.80 Å². The van der Waals surface area contributed by atoms with E-state index in [1.165, 1.54) is 237 Å². The van der Waals surface area contributed by atoms with Crippen LogP contribution < -0.4 is 9.80 Å². The fourth-order valence-electron chi connectivity index (χ4n) is 12.7. The molecule has 0 fully saturated rings. The molecule has 0 aliphatic carbocycles. The monoisotopic (exact) mass is 1100 g/mol. The van der Waals surface area contributed by atoms with Gasteiger partial charge in [-0.3, -0.25) is 9.59 Å². The highest BCUT2D eigenvalue weighted by atomic mass is 32.1. The van der Waals surface area contributed by atoms with Gasteiger partial charge in [-0.05, 0) is 120 Å². The van der Waals surface area contributed by atoms with Gasteiger partial charge in [-0.25, -0.2) is 0 Å². The molecule has 0 spiro atoms. The van der Waals surface area contributed by atoms with Crippen LogP contribution in [0.15, 0.2) is 59.3 Å². The normalized spacial score (nSPS) is 15.1. The fraction of sp³-hybridized carbons (Fsp3) is 0.667. The van der Waals surface area contributed by atoms with Crippen molar-refractivity contribution >= 4 is 57.0 Å². The van der Waals surface area contributed by atoms with Crippen LogP contribution in [0.5, 0.6) is 0 Å². The number of aryl methyl sites for hydroxylation is 2. The Kier molecular flexibility index (Phi) is 30.0. The highest BCUT2D eigenvalue weighted by molar-refractivity contribution is 7.14. The Hall–Kier alpha value is -3.48. The summed E-state index contributed by atoms with van der Waals surface area (Å²) in [6.45, 7) is 15.2. The number of unbranched alkanes of at least 4 members (excludes halogenated alkanes) is 26. The SMILES string of the molecule is CCCCCCCCc1csc(-c2ccc3c(c2)N(CC(CCCCCC)CCCCCCCC)C(=O)C3=C2C(=O)N(CC(CCCCCC)CCCCCCCC)c3cc(-c4cc(CCCCCCCC)cs4)ccc32)c1. The molecule has 0 N–H and O–H groups in total. The average molecular weight is 1100 g/mol. The van der Waals surface area contributed by atoms with Crippen LogP contribution in [0.3, 0.4) is 0 Å². The lowest BCUT2D eigenvalue weighted by Gasteiger charge is -2.25. The van der Waals surface area contributed by atoms with E-state index in [2.05, 4.69) is 111 Å². The van der Waals surface area contributed by atoms with Crippen molar-refractivity contribution in [1.82, 2.24) is 0 Å². The van der Waals surface area contributed by atoms with Gasteiger partial charge in [0.15, 0.2) is 0 Å². The Balaban J connectivity index is 1.40. The number of hydrogen-bond donors (Lipinski definition) is 0. The lowest BCUT2D eigenvalue weighted by atomic mass is 9.93. The molecule has 0 bridgehead atoms. The number of hydrogen-bond acceptors (Lipinski definition) is 4. The van der Waals surface area contributed by atoms with Crippen molar-refractivity contribution in [2.24, 2.45) is 11.8 Å². The largest absolute Gasteiger partial charge is 0.307 e. The first-order valence-electron chi connectivity index (χ1n) is 33.2. The van der Waals surface area contributed by atoms with Crippen LogP contribution in [-0.2, 0) is 22.4 Å². The van der Waals surface area contributed by atoms with Gasteiger partial charge in [0.25, 0.3) is 11.8 Å². The van der Waals surface area contributed by atoms with E-state index < -0.39 is 0 Å². The molecule has 6 heteroatoms. The number of rotatable bonds is 44. The van der Waals surface area contributed by atoms with Gasteiger partial charge in [-0.2, -0.15) is 0 Å². The van der Waals surface area contributed by atoms with E-state index in [9.17, 15) is 0 Å². The molecule has 78 heavy (non-hydrogen) atoms. The molecule has 0 radical (unpaired) electrons. The smallest absolute Gasteiger partial charge is 0.259 e. The van der Waals surface area contributed by atoms with E-state index in [0.29, 0.717) is 36.1 Å². The molecule has 2 amide bonds. The standard InChI is InChI=1S/C72H110N2O2S2/c1-7-13-19-25-29-35-41-57(39-33-23-17-11-5)53-73-65-51-61(67-49-59(55-77-67)43-37-31-27-21-15-9-3)45-47-63(65)69(71(73)75)70-64-48-46-62(68-50-60(56-78-68)44-38-32-28-22-16-10-4)52-66(64)74(72(70)76)54-58(40-34-24-18-12-6)42-36-30-26-20-14-8-2/h45-52,55-58H,7-44,53-54H2,1-6H3. The molecule has 2 unspecified atom stereocenters. The second-order valence-corrected chi connectivity index (χ2v) is 26.1. The first-order chi connectivity index (χ1) is 38.3. The lowest BCUT2D eigenvalue weighted by Crippen LogP contribution is -2.34. The van der Waals surface area contributed by atoms with Crippen molar-refractivity contribution in [3.63, 3.8) is 0 Å². The van der Waals surface area contributed by atoms with Crippen molar-refractivity contribution in [2.75, 3.05) is 22.9 Å². The molecule has 2 aromatic heterocycles. The van der Waals surface area contributed by atoms with Gasteiger partial charge in [0.05, 0.1) is 22.5 Å². The maximum Gasteiger partial charge on any atom is 0.259 e. The van der Waals surface area contributed by atoms with E-state index in [4.69, 9.17) is 0 Å². The molecule has 4 heterocycles. The summed E-state index contributed by atoms with van der Waals surface area (Å²) in [7, 11) is 0. The Labute approximate surface area is 486 Å². The van der Waals surface area contributed by atoms with Crippen molar-refractivity contribution in [2.45, 2.75) is 286 Å². The van der Waals surface area contributed by atoms with Crippen LogP contribution in [0, 0.1) is 11.8 Å². The molecule has 0 saturated carbocycles. The van der Waals surface area contributed by atoms with E-state index in [1.807, 2.05) is 22.7 Å². The Morgan fingerprint density at radius 2 is 0.654 bits per heavy atom.